The van der Waals surface area contributed by atoms with Crippen LogP contribution in [0.15, 0.2) is 90.5 Å². The van der Waals surface area contributed by atoms with Crippen LogP contribution in [-0.4, -0.2) is 85.6 Å². The molecule has 0 bridgehead atoms. The van der Waals surface area contributed by atoms with Gasteiger partial charge in [0.05, 0.1) is 40.2 Å². The second-order valence-corrected chi connectivity index (χ2v) is 23.6. The van der Waals surface area contributed by atoms with Crippen LogP contribution in [0.3, 0.4) is 0 Å². The Morgan fingerprint density at radius 3 is 2.03 bits per heavy atom. The number of aliphatic hydroxyl groups excluding tert-OH is 1. The Kier molecular flexibility index (Phi) is 22.5. The van der Waals surface area contributed by atoms with Gasteiger partial charge in [-0.05, 0) is 145 Å². The van der Waals surface area contributed by atoms with Crippen molar-refractivity contribution in [3.05, 3.63) is 113 Å². The van der Waals surface area contributed by atoms with Crippen LogP contribution in [-0.2, 0) is 62.2 Å². The van der Waals surface area contributed by atoms with E-state index in [2.05, 4.69) is 40.7 Å². The van der Waals surface area contributed by atoms with E-state index in [1.807, 2.05) is 78.9 Å². The number of carboxylic acid groups (broad SMARTS) is 1. The van der Waals surface area contributed by atoms with Gasteiger partial charge in [-0.15, -0.1) is 6.04 Å². The molecule has 0 spiro atoms. The molecule has 11 nitrogen and oxygen atoms in total. The summed E-state index contributed by atoms with van der Waals surface area (Å²) in [4.78, 5) is 38.6. The molecule has 1 amide bonds. The number of unbranched alkanes of at least 4 members (excludes halogenated alkanes) is 2. The van der Waals surface area contributed by atoms with Crippen molar-refractivity contribution >= 4 is 17.8 Å². The van der Waals surface area contributed by atoms with Crippen molar-refractivity contribution < 1.29 is 76.3 Å². The van der Waals surface area contributed by atoms with E-state index in [1.165, 1.54) is 57.8 Å². The third-order valence-corrected chi connectivity index (χ3v) is 18.6. The Morgan fingerprint density at radius 1 is 0.760 bits per heavy atom. The van der Waals surface area contributed by atoms with Crippen LogP contribution in [0.5, 0.6) is 11.5 Å². The fourth-order valence-corrected chi connectivity index (χ4v) is 14.5. The normalized spacial score (nSPS) is 27.3. The van der Waals surface area contributed by atoms with Gasteiger partial charge in [-0.25, -0.2) is 0 Å². The molecule has 3 aromatic carbocycles. The number of fused-ring (bicyclic) bond motifs is 5. The smallest absolute Gasteiger partial charge is 0.306 e. The van der Waals surface area contributed by atoms with Gasteiger partial charge < -0.3 is 39.8 Å². The molecule has 5 aliphatic rings. The Hall–Kier alpha value is -3.61. The van der Waals surface area contributed by atoms with Crippen LogP contribution in [0.25, 0.3) is 5.73 Å². The van der Waals surface area contributed by atoms with Gasteiger partial charge in [0.1, 0.15) is 23.2 Å². The van der Waals surface area contributed by atoms with E-state index in [0.717, 1.165) is 71.5 Å². The van der Waals surface area contributed by atoms with Gasteiger partial charge in [0.2, 0.25) is 5.91 Å². The van der Waals surface area contributed by atoms with Crippen molar-refractivity contribution in [3.8, 4) is 11.5 Å². The first-order valence-corrected chi connectivity index (χ1v) is 28.2. The molecule has 3 N–H and O–H groups in total. The second-order valence-electron chi connectivity index (χ2n) is 23.6. The number of carbonyl (C=O) groups excluding carboxylic acids is 2. The fourth-order valence-electron chi connectivity index (χ4n) is 14.5. The summed E-state index contributed by atoms with van der Waals surface area (Å²) in [5.41, 5.74) is 12.5. The molecule has 1 radical (unpaired) electrons. The summed E-state index contributed by atoms with van der Waals surface area (Å²) in [6, 6.07) is 25.3. The molecule has 3 aromatic rings. The molecule has 409 valence electrons. The van der Waals surface area contributed by atoms with Gasteiger partial charge in [-0.3, -0.25) is 14.4 Å². The maximum Gasteiger partial charge on any atom is 0.306 e. The van der Waals surface area contributed by atoms with E-state index in [9.17, 15) is 14.4 Å². The molecule has 8 rings (SSSR count). The van der Waals surface area contributed by atoms with Gasteiger partial charge in [0.15, 0.2) is 0 Å². The number of methoxy groups -OCH3 is 2. The van der Waals surface area contributed by atoms with Crippen LogP contribution >= 0.6 is 0 Å². The van der Waals surface area contributed by atoms with Crippen LogP contribution < -0.4 is 9.47 Å². The number of ether oxygens (including phenoxy) is 4. The summed E-state index contributed by atoms with van der Waals surface area (Å²) in [5, 5.41) is 18.2. The molecule has 1 saturated heterocycles. The van der Waals surface area contributed by atoms with Crippen molar-refractivity contribution in [1.82, 2.24) is 4.90 Å². The Labute approximate surface area is 474 Å². The maximum absolute atomic E-state index is 13.2. The topological polar surface area (TPSA) is 156 Å². The molecule has 12 heteroatoms. The number of likely N-dealkylation sites (tertiary alicyclic amines) is 1. The number of hydrogen-bond donors (Lipinski definition) is 2. The molecule has 10 atom stereocenters. The zero-order valence-electron chi connectivity index (χ0n) is 46.4. The molecule has 1 heterocycles. The number of rotatable bonds is 22. The molecule has 3 saturated carbocycles. The number of aliphatic hydroxyl groups is 1. The number of nitrogens with zero attached hydrogens (tertiary/aromatic N) is 1. The summed E-state index contributed by atoms with van der Waals surface area (Å²) >= 11 is 0. The minimum absolute atomic E-state index is 0. The van der Waals surface area contributed by atoms with Crippen LogP contribution in [0.1, 0.15) is 160 Å². The number of benzene rings is 3. The first-order chi connectivity index (χ1) is 35.6. The average Bonchev–Trinajstić information content (AvgIpc) is 3.98. The van der Waals surface area contributed by atoms with E-state index in [4.69, 9.17) is 34.9 Å². The predicted octanol–water partition coefficient (Wildman–Crippen LogP) is 13.2. The number of aliphatic carboxylic acids is 1. The third kappa shape index (κ3) is 14.4. The van der Waals surface area contributed by atoms with Gasteiger partial charge in [0.25, 0.3) is 0 Å². The molecule has 1 aliphatic heterocycles. The Balaban J connectivity index is 0.000000268. The van der Waals surface area contributed by atoms with Crippen molar-refractivity contribution in [2.45, 2.75) is 162 Å². The van der Waals surface area contributed by atoms with Crippen molar-refractivity contribution in [2.75, 3.05) is 40.5 Å². The predicted molar refractivity (Wildman–Crippen MR) is 292 cm³/mol. The molecular weight excluding hydrogens is 1020 g/mol. The number of amides is 1. The number of nitrogens with one attached hydrogen (secondary N) is 1. The number of esters is 1. The molecule has 4 fully saturated rings. The zero-order valence-corrected chi connectivity index (χ0v) is 49.2. The molecule has 0 aromatic heterocycles. The van der Waals surface area contributed by atoms with Crippen LogP contribution in [0.2, 0.25) is 0 Å². The van der Waals surface area contributed by atoms with Crippen LogP contribution in [0.4, 0.5) is 0 Å². The number of carboxylic acids is 1. The number of hydrogen-bond acceptors (Lipinski definition) is 8. The van der Waals surface area contributed by atoms with Gasteiger partial charge in [0, 0.05) is 58.2 Å². The summed E-state index contributed by atoms with van der Waals surface area (Å²) < 4.78 is 23.7. The maximum atomic E-state index is 13.2. The minimum Gasteiger partial charge on any atom is -0.674 e. The molecule has 4 aliphatic carbocycles. The summed E-state index contributed by atoms with van der Waals surface area (Å²) in [7, 11) is 3.22. The Bertz CT molecular complexity index is 2260. The third-order valence-electron chi connectivity index (χ3n) is 18.6. The van der Waals surface area contributed by atoms with Crippen molar-refractivity contribution in [3.63, 3.8) is 0 Å². The minimum atomic E-state index is -1.10. The van der Waals surface area contributed by atoms with E-state index in [-0.39, 0.29) is 83.2 Å². The largest absolute Gasteiger partial charge is 0.674 e. The standard InChI is InChI=1S/C36H43NO9.C27H46N.Y/c1-43-30-16-12-28(13-17-30)36(27-9-5-3-6-10-27,29-14-18-31(44-2)19-15-29)45-25-26-23-37(33(39)11-7-4-8-22-38)24-32(26)46-35(42)21-20-34(40)41;1-18(2)7-6-8-19(3)23-11-12-24-22-10-9-20-17-21(28)13-15-26(20,4)25(22)14-16-27(23,24)5;/h3,5-6,9-10,12-19,26,32,38H,4,7-8,11,20-25H2,1-2H3,(H,40,41);9,18-19,21-25,28H,6-8,10-17H2,1-5H3;/q;-1;. The fraction of sp³-hybridized carbons (Fsp3) is 0.635. The molecule has 10 unspecified atom stereocenters. The monoisotopic (exact) mass is 1110 g/mol. The molecule has 75 heavy (non-hydrogen) atoms. The molecular formula is C63H89N2O9Y-. The van der Waals surface area contributed by atoms with Gasteiger partial charge in [-0.1, -0.05) is 133 Å². The summed E-state index contributed by atoms with van der Waals surface area (Å²) in [6.07, 6.45) is 18.7. The average molecular weight is 1110 g/mol. The van der Waals surface area contributed by atoms with E-state index in [0.29, 0.717) is 48.1 Å². The quantitative estimate of drug-likeness (QED) is 0.0433. The SMILES string of the molecule is CC(C)CCCC(C)C1CCC2C3CC=C4CC([NH-])CCC4(C)C3CCC12C.COc1ccc(C(OCC2CN(C(=O)CCCCCO)CC2OC(=O)CCC(=O)O)(c2ccccc2)c2ccc(OC)cc2)cc1.[Y]. The van der Waals surface area contributed by atoms with Gasteiger partial charge in [-0.2, -0.15) is 0 Å². The Morgan fingerprint density at radius 2 is 1.41 bits per heavy atom. The van der Waals surface area contributed by atoms with Crippen molar-refractivity contribution in [2.24, 2.45) is 52.3 Å². The van der Waals surface area contributed by atoms with E-state index in [1.54, 1.807) is 24.7 Å². The summed E-state index contributed by atoms with van der Waals surface area (Å²) in [5.74, 6) is 4.77. The summed E-state index contributed by atoms with van der Waals surface area (Å²) in [6.45, 7) is 13.3. The number of allylic oxidation sites excluding steroid dienone is 1. The first-order valence-electron chi connectivity index (χ1n) is 28.2. The zero-order chi connectivity index (χ0) is 53.0. The van der Waals surface area contributed by atoms with Crippen molar-refractivity contribution in [1.29, 1.82) is 0 Å². The second kappa shape index (κ2) is 27.8. The first kappa shape index (κ1) is 60.6. The van der Waals surface area contributed by atoms with Crippen LogP contribution in [0, 0.1) is 52.3 Å². The van der Waals surface area contributed by atoms with E-state index >= 15 is 0 Å². The van der Waals surface area contributed by atoms with E-state index < -0.39 is 23.6 Å². The number of carbonyl (C=O) groups is 3. The van der Waals surface area contributed by atoms with Gasteiger partial charge >= 0.3 is 11.9 Å².